The highest BCUT2D eigenvalue weighted by Crippen LogP contribution is 2.31. The van der Waals surface area contributed by atoms with Crippen LogP contribution in [0.15, 0.2) is 65.2 Å². The number of para-hydroxylation sites is 1. The first-order chi connectivity index (χ1) is 14.3. The number of rotatable bonds is 4. The van der Waals surface area contributed by atoms with Crippen molar-refractivity contribution in [2.75, 3.05) is 36.5 Å². The molecule has 1 fully saturated rings. The van der Waals surface area contributed by atoms with Crippen LogP contribution in [0.2, 0.25) is 0 Å². The molecule has 0 unspecified atom stereocenters. The third-order valence-electron chi connectivity index (χ3n) is 4.92. The molecule has 1 aliphatic heterocycles. The van der Waals surface area contributed by atoms with E-state index in [4.69, 9.17) is 14.1 Å². The van der Waals surface area contributed by atoms with E-state index in [0.29, 0.717) is 5.95 Å². The predicted octanol–water partition coefficient (Wildman–Crippen LogP) is 5.07. The second-order valence-electron chi connectivity index (χ2n) is 6.81. The molecule has 2 aromatic carbocycles. The van der Waals surface area contributed by atoms with Gasteiger partial charge in [0.1, 0.15) is 5.58 Å². The summed E-state index contributed by atoms with van der Waals surface area (Å²) >= 11 is 2.19. The third-order valence-corrected chi connectivity index (χ3v) is 5.46. The van der Waals surface area contributed by atoms with Crippen LogP contribution < -0.4 is 10.2 Å². The molecule has 146 valence electrons. The summed E-state index contributed by atoms with van der Waals surface area (Å²) in [5.74, 6) is 0.555. The molecule has 4 aromatic rings. The minimum Gasteiger partial charge on any atom is -0.450 e. The number of hydrogen-bond donors (Lipinski definition) is 1. The second-order valence-corrected chi connectivity index (χ2v) is 7.88. The Bertz CT molecular complexity index is 1150. The Morgan fingerprint density at radius 3 is 2.76 bits per heavy atom. The van der Waals surface area contributed by atoms with E-state index in [1.54, 1.807) is 6.20 Å². The highest BCUT2D eigenvalue weighted by Gasteiger charge is 2.13. The SMILES string of the molecule is Ic1cc2cccc(-c3ccnc(Nc4cccc(N5CCOCC5)c4)n3)c2o1. The number of nitrogens with one attached hydrogen (secondary N) is 1. The first-order valence-electron chi connectivity index (χ1n) is 9.47. The van der Waals surface area contributed by atoms with Crippen LogP contribution in [0.25, 0.3) is 22.2 Å². The quantitative estimate of drug-likeness (QED) is 0.397. The van der Waals surface area contributed by atoms with Crippen molar-refractivity contribution >= 4 is 50.9 Å². The average molecular weight is 498 g/mol. The Morgan fingerprint density at radius 1 is 1.00 bits per heavy atom. The smallest absolute Gasteiger partial charge is 0.227 e. The molecule has 5 rings (SSSR count). The van der Waals surface area contributed by atoms with Crippen molar-refractivity contribution in [2.24, 2.45) is 0 Å². The van der Waals surface area contributed by atoms with Gasteiger partial charge in [0.05, 0.1) is 18.9 Å². The van der Waals surface area contributed by atoms with Gasteiger partial charge in [-0.05, 0) is 59.0 Å². The zero-order valence-corrected chi connectivity index (χ0v) is 17.8. The molecular formula is C22H19IN4O2. The van der Waals surface area contributed by atoms with Gasteiger partial charge in [-0.2, -0.15) is 0 Å². The fourth-order valence-electron chi connectivity index (χ4n) is 3.53. The lowest BCUT2D eigenvalue weighted by Gasteiger charge is -2.29. The van der Waals surface area contributed by atoms with Gasteiger partial charge in [0, 0.05) is 41.6 Å². The second kappa shape index (κ2) is 8.00. The topological polar surface area (TPSA) is 63.4 Å². The minimum atomic E-state index is 0.555. The Labute approximate surface area is 182 Å². The summed E-state index contributed by atoms with van der Waals surface area (Å²) in [6, 6.07) is 18.3. The molecule has 29 heavy (non-hydrogen) atoms. The number of ether oxygens (including phenoxy) is 1. The number of halogens is 1. The van der Waals surface area contributed by atoms with E-state index in [2.05, 4.69) is 49.9 Å². The molecule has 0 spiro atoms. The van der Waals surface area contributed by atoms with Crippen LogP contribution in [-0.4, -0.2) is 36.3 Å². The number of nitrogens with zero attached hydrogens (tertiary/aromatic N) is 3. The summed E-state index contributed by atoms with van der Waals surface area (Å²) in [4.78, 5) is 11.4. The number of furan rings is 1. The Kier molecular flexibility index (Phi) is 5.07. The molecule has 7 heteroatoms. The molecule has 0 bridgehead atoms. The lowest BCUT2D eigenvalue weighted by Crippen LogP contribution is -2.36. The Balaban J connectivity index is 1.43. The van der Waals surface area contributed by atoms with Crippen molar-refractivity contribution in [3.05, 3.63) is 64.6 Å². The molecule has 1 N–H and O–H groups in total. The molecule has 0 amide bonds. The van der Waals surface area contributed by atoms with E-state index in [1.807, 2.05) is 42.5 Å². The number of benzene rings is 2. The summed E-state index contributed by atoms with van der Waals surface area (Å²) in [5.41, 5.74) is 4.75. The van der Waals surface area contributed by atoms with Crippen molar-refractivity contribution in [1.82, 2.24) is 9.97 Å². The summed E-state index contributed by atoms with van der Waals surface area (Å²) in [7, 11) is 0. The minimum absolute atomic E-state index is 0.555. The normalized spacial score (nSPS) is 14.3. The number of morpholine rings is 1. The van der Waals surface area contributed by atoms with Crippen LogP contribution in [0.1, 0.15) is 0 Å². The van der Waals surface area contributed by atoms with Gasteiger partial charge in [0.15, 0.2) is 3.77 Å². The van der Waals surface area contributed by atoms with Crippen LogP contribution in [0.3, 0.4) is 0 Å². The summed E-state index contributed by atoms with van der Waals surface area (Å²) in [6.45, 7) is 3.34. The summed E-state index contributed by atoms with van der Waals surface area (Å²) in [6.07, 6.45) is 1.77. The maximum absolute atomic E-state index is 5.88. The molecule has 1 aliphatic rings. The Hall–Kier alpha value is -2.65. The molecule has 0 atom stereocenters. The Morgan fingerprint density at radius 2 is 1.86 bits per heavy atom. The van der Waals surface area contributed by atoms with Gasteiger partial charge in [-0.15, -0.1) is 0 Å². The fourth-order valence-corrected chi connectivity index (χ4v) is 4.09. The first-order valence-corrected chi connectivity index (χ1v) is 10.6. The molecule has 1 saturated heterocycles. The van der Waals surface area contributed by atoms with Crippen LogP contribution in [0, 0.1) is 3.77 Å². The molecule has 0 saturated carbocycles. The third kappa shape index (κ3) is 3.92. The van der Waals surface area contributed by atoms with Crippen molar-refractivity contribution < 1.29 is 9.15 Å². The zero-order chi connectivity index (χ0) is 19.6. The van der Waals surface area contributed by atoms with Gasteiger partial charge >= 0.3 is 0 Å². The van der Waals surface area contributed by atoms with Gasteiger partial charge < -0.3 is 19.4 Å². The average Bonchev–Trinajstić information content (AvgIpc) is 3.15. The highest BCUT2D eigenvalue weighted by molar-refractivity contribution is 14.1. The zero-order valence-electron chi connectivity index (χ0n) is 15.6. The fraction of sp³-hybridized carbons (Fsp3) is 0.182. The van der Waals surface area contributed by atoms with E-state index in [9.17, 15) is 0 Å². The lowest BCUT2D eigenvalue weighted by atomic mass is 10.1. The van der Waals surface area contributed by atoms with Gasteiger partial charge in [-0.25, -0.2) is 9.97 Å². The van der Waals surface area contributed by atoms with Gasteiger partial charge in [0.25, 0.3) is 0 Å². The monoisotopic (exact) mass is 498 g/mol. The summed E-state index contributed by atoms with van der Waals surface area (Å²) < 4.78 is 12.2. The van der Waals surface area contributed by atoms with Crippen molar-refractivity contribution in [2.45, 2.75) is 0 Å². The van der Waals surface area contributed by atoms with Crippen molar-refractivity contribution in [3.8, 4) is 11.3 Å². The highest BCUT2D eigenvalue weighted by atomic mass is 127. The van der Waals surface area contributed by atoms with Crippen molar-refractivity contribution in [3.63, 3.8) is 0 Å². The lowest BCUT2D eigenvalue weighted by molar-refractivity contribution is 0.122. The van der Waals surface area contributed by atoms with E-state index in [0.717, 1.165) is 58.0 Å². The van der Waals surface area contributed by atoms with Gasteiger partial charge in [-0.1, -0.05) is 18.2 Å². The molecule has 3 heterocycles. The van der Waals surface area contributed by atoms with Crippen LogP contribution in [0.4, 0.5) is 17.3 Å². The standard InChI is InChI=1S/C22H19IN4O2/c23-20-13-15-3-1-6-18(21(15)29-20)19-7-8-24-22(26-19)25-16-4-2-5-17(14-16)27-9-11-28-12-10-27/h1-8,13-14H,9-12H2,(H,24,25,26). The predicted molar refractivity (Wildman–Crippen MR) is 123 cm³/mol. The van der Waals surface area contributed by atoms with E-state index >= 15 is 0 Å². The molecule has 0 aliphatic carbocycles. The van der Waals surface area contributed by atoms with Crippen LogP contribution in [-0.2, 0) is 4.74 Å². The van der Waals surface area contributed by atoms with Crippen LogP contribution >= 0.6 is 22.6 Å². The molecular weight excluding hydrogens is 479 g/mol. The van der Waals surface area contributed by atoms with Crippen LogP contribution in [0.5, 0.6) is 0 Å². The van der Waals surface area contributed by atoms with E-state index in [1.165, 1.54) is 5.69 Å². The van der Waals surface area contributed by atoms with E-state index in [-0.39, 0.29) is 0 Å². The maximum atomic E-state index is 5.88. The van der Waals surface area contributed by atoms with Gasteiger partial charge in [0.2, 0.25) is 5.95 Å². The number of anilines is 3. The first kappa shape index (κ1) is 18.4. The number of fused-ring (bicyclic) bond motifs is 1. The van der Waals surface area contributed by atoms with Gasteiger partial charge in [-0.3, -0.25) is 0 Å². The molecule has 0 radical (unpaired) electrons. The van der Waals surface area contributed by atoms with Crippen molar-refractivity contribution in [1.29, 1.82) is 0 Å². The van der Waals surface area contributed by atoms with E-state index < -0.39 is 0 Å². The number of aromatic nitrogens is 2. The largest absolute Gasteiger partial charge is 0.450 e. The molecule has 6 nitrogen and oxygen atoms in total. The number of hydrogen-bond acceptors (Lipinski definition) is 6. The molecule has 2 aromatic heterocycles. The maximum Gasteiger partial charge on any atom is 0.227 e. The summed E-state index contributed by atoms with van der Waals surface area (Å²) in [5, 5.41) is 4.40.